The number of hydrogen-bond acceptors (Lipinski definition) is 7. The van der Waals surface area contributed by atoms with E-state index in [9.17, 15) is 23.4 Å². The largest absolute Gasteiger partial charge is 0.493 e. The summed E-state index contributed by atoms with van der Waals surface area (Å²) in [7, 11) is -3.85. The molecule has 0 spiro atoms. The fourth-order valence-electron chi connectivity index (χ4n) is 5.09. The summed E-state index contributed by atoms with van der Waals surface area (Å²) in [5.74, 6) is 0.576. The van der Waals surface area contributed by atoms with E-state index in [0.717, 1.165) is 24.8 Å². The summed E-state index contributed by atoms with van der Waals surface area (Å²) in [4.78, 5) is 21.0. The number of aryl methyl sites for hydroxylation is 2. The number of H-pyrrole nitrogens is 1. The first-order valence-electron chi connectivity index (χ1n) is 13.4. The average molecular weight is 547 g/mol. The van der Waals surface area contributed by atoms with E-state index in [0.29, 0.717) is 48.3 Å². The van der Waals surface area contributed by atoms with Crippen molar-refractivity contribution in [1.29, 1.82) is 0 Å². The number of hydrogen-bond donors (Lipinski definition) is 3. The van der Waals surface area contributed by atoms with E-state index in [4.69, 9.17) is 9.72 Å². The van der Waals surface area contributed by atoms with E-state index in [-0.39, 0.29) is 41.9 Å². The van der Waals surface area contributed by atoms with Gasteiger partial charge in [-0.05, 0) is 62.3 Å². The standard InChI is InChI=1S/C27H38N4O6S/c1-4-7-19-16-30(6-3)25-24(19)28-26(29-27(25)34)21-15-20(8-9-23(21)37-14-5-2)38(35,36)31-12-10-18(11-13-31)22(33)17-32/h8-9,15-16,18,22,32-33H,4-7,10-14,17H2,1-3H3,(H,28,29,34). The predicted octanol–water partition coefficient (Wildman–Crippen LogP) is 2.91. The van der Waals surface area contributed by atoms with Crippen LogP contribution in [0.15, 0.2) is 34.1 Å². The van der Waals surface area contributed by atoms with Gasteiger partial charge >= 0.3 is 0 Å². The second kappa shape index (κ2) is 12.0. The number of rotatable bonds is 11. The Balaban J connectivity index is 1.78. The van der Waals surface area contributed by atoms with Crippen LogP contribution in [0, 0.1) is 5.92 Å². The molecule has 10 nitrogen and oxygen atoms in total. The number of piperidine rings is 1. The molecule has 3 N–H and O–H groups in total. The van der Waals surface area contributed by atoms with Crippen LogP contribution in [0.25, 0.3) is 22.4 Å². The van der Waals surface area contributed by atoms with Gasteiger partial charge in [-0.1, -0.05) is 20.3 Å². The molecule has 0 bridgehead atoms. The Kier molecular flexibility index (Phi) is 8.92. The van der Waals surface area contributed by atoms with Crippen LogP contribution in [-0.2, 0) is 23.0 Å². The van der Waals surface area contributed by atoms with Crippen molar-refractivity contribution in [3.8, 4) is 17.1 Å². The predicted molar refractivity (Wildman–Crippen MR) is 146 cm³/mol. The van der Waals surface area contributed by atoms with Crippen molar-refractivity contribution in [1.82, 2.24) is 18.8 Å². The van der Waals surface area contributed by atoms with Crippen LogP contribution in [-0.4, -0.2) is 69.9 Å². The summed E-state index contributed by atoms with van der Waals surface area (Å²) in [5, 5.41) is 19.2. The fourth-order valence-corrected chi connectivity index (χ4v) is 6.59. The number of ether oxygens (including phenoxy) is 1. The Bertz CT molecular complexity index is 1420. The minimum Gasteiger partial charge on any atom is -0.493 e. The van der Waals surface area contributed by atoms with Crippen LogP contribution in [0.3, 0.4) is 0 Å². The van der Waals surface area contributed by atoms with E-state index in [1.165, 1.54) is 16.4 Å². The van der Waals surface area contributed by atoms with Crippen molar-refractivity contribution in [2.24, 2.45) is 5.92 Å². The summed E-state index contributed by atoms with van der Waals surface area (Å²) in [6.45, 7) is 7.25. The van der Waals surface area contributed by atoms with Gasteiger partial charge in [-0.25, -0.2) is 13.4 Å². The fraction of sp³-hybridized carbons (Fsp3) is 0.556. The Morgan fingerprint density at radius 3 is 2.55 bits per heavy atom. The van der Waals surface area contributed by atoms with Crippen LogP contribution in [0.1, 0.15) is 52.0 Å². The highest BCUT2D eigenvalue weighted by Gasteiger charge is 2.32. The van der Waals surface area contributed by atoms with Crippen LogP contribution >= 0.6 is 0 Å². The molecule has 0 saturated carbocycles. The summed E-state index contributed by atoms with van der Waals surface area (Å²) >= 11 is 0. The normalized spacial score (nSPS) is 16.2. The molecule has 0 aliphatic carbocycles. The molecule has 1 saturated heterocycles. The highest BCUT2D eigenvalue weighted by atomic mass is 32.2. The quantitative estimate of drug-likeness (QED) is 0.336. The first-order valence-corrected chi connectivity index (χ1v) is 14.9. The zero-order valence-corrected chi connectivity index (χ0v) is 23.1. The molecule has 1 aliphatic heterocycles. The molecule has 3 heterocycles. The topological polar surface area (TPSA) is 138 Å². The SMILES string of the molecule is CCCOc1ccc(S(=O)(=O)N2CCC(C(O)CO)CC2)cc1-c1nc2c(CCC)cn(CC)c2c(=O)[nH]1. The minimum absolute atomic E-state index is 0.0835. The van der Waals surface area contributed by atoms with E-state index in [1.807, 2.05) is 24.6 Å². The van der Waals surface area contributed by atoms with Gasteiger partial charge in [0.2, 0.25) is 10.0 Å². The maximum Gasteiger partial charge on any atom is 0.275 e. The number of benzene rings is 1. The van der Waals surface area contributed by atoms with Crippen molar-refractivity contribution >= 4 is 21.1 Å². The number of nitrogens with one attached hydrogen (secondary N) is 1. The van der Waals surface area contributed by atoms with E-state index < -0.39 is 16.1 Å². The number of aromatic nitrogens is 3. The van der Waals surface area contributed by atoms with Gasteiger partial charge in [0.1, 0.15) is 17.1 Å². The molecule has 1 atom stereocenters. The first-order chi connectivity index (χ1) is 18.2. The Morgan fingerprint density at radius 1 is 1.18 bits per heavy atom. The van der Waals surface area contributed by atoms with Crippen molar-refractivity contribution in [3.63, 3.8) is 0 Å². The molecule has 0 radical (unpaired) electrons. The molecule has 0 amide bonds. The van der Waals surface area contributed by atoms with Gasteiger partial charge in [-0.3, -0.25) is 4.79 Å². The zero-order valence-electron chi connectivity index (χ0n) is 22.3. The van der Waals surface area contributed by atoms with Crippen molar-refractivity contribution in [3.05, 3.63) is 40.3 Å². The molecule has 1 aromatic carbocycles. The van der Waals surface area contributed by atoms with Gasteiger partial charge in [0.15, 0.2) is 0 Å². The number of nitrogens with zero attached hydrogens (tertiary/aromatic N) is 3. The lowest BCUT2D eigenvalue weighted by Crippen LogP contribution is -2.41. The van der Waals surface area contributed by atoms with Gasteiger partial charge in [-0.2, -0.15) is 4.31 Å². The molecule has 38 heavy (non-hydrogen) atoms. The van der Waals surface area contributed by atoms with Crippen LogP contribution in [0.2, 0.25) is 0 Å². The van der Waals surface area contributed by atoms with Gasteiger partial charge in [0, 0.05) is 25.8 Å². The lowest BCUT2D eigenvalue weighted by atomic mass is 9.93. The molecule has 1 fully saturated rings. The number of fused-ring (bicyclic) bond motifs is 1. The number of aliphatic hydroxyl groups is 2. The van der Waals surface area contributed by atoms with Gasteiger partial charge in [-0.15, -0.1) is 0 Å². The Morgan fingerprint density at radius 2 is 1.92 bits per heavy atom. The monoisotopic (exact) mass is 546 g/mol. The maximum absolute atomic E-state index is 13.6. The van der Waals surface area contributed by atoms with Gasteiger partial charge in [0.25, 0.3) is 5.56 Å². The minimum atomic E-state index is -3.85. The van der Waals surface area contributed by atoms with E-state index in [2.05, 4.69) is 11.9 Å². The number of aromatic amines is 1. The van der Waals surface area contributed by atoms with Crippen LogP contribution < -0.4 is 10.3 Å². The molecule has 1 unspecified atom stereocenters. The molecule has 4 rings (SSSR count). The molecular formula is C27H38N4O6S. The highest BCUT2D eigenvalue weighted by Crippen LogP contribution is 2.34. The second-order valence-electron chi connectivity index (χ2n) is 9.80. The molecule has 208 valence electrons. The smallest absolute Gasteiger partial charge is 0.275 e. The third-order valence-corrected chi connectivity index (χ3v) is 9.09. The molecule has 3 aromatic rings. The Labute approximate surface area is 223 Å². The third-order valence-electron chi connectivity index (χ3n) is 7.19. The van der Waals surface area contributed by atoms with Gasteiger partial charge < -0.3 is 24.5 Å². The van der Waals surface area contributed by atoms with Crippen LogP contribution in [0.5, 0.6) is 5.75 Å². The molecular weight excluding hydrogens is 508 g/mol. The molecule has 1 aliphatic rings. The maximum atomic E-state index is 13.6. The van der Waals surface area contributed by atoms with Crippen molar-refractivity contribution < 1.29 is 23.4 Å². The van der Waals surface area contributed by atoms with Crippen LogP contribution in [0.4, 0.5) is 0 Å². The zero-order chi connectivity index (χ0) is 27.4. The highest BCUT2D eigenvalue weighted by molar-refractivity contribution is 7.89. The lowest BCUT2D eigenvalue weighted by Gasteiger charge is -2.33. The summed E-state index contributed by atoms with van der Waals surface area (Å²) in [5.41, 5.74) is 2.23. The van der Waals surface area contributed by atoms with Crippen molar-refractivity contribution in [2.75, 3.05) is 26.3 Å². The van der Waals surface area contributed by atoms with E-state index in [1.54, 1.807) is 6.07 Å². The lowest BCUT2D eigenvalue weighted by molar-refractivity contribution is 0.0278. The summed E-state index contributed by atoms with van der Waals surface area (Å²) < 4.78 is 36.4. The number of sulfonamides is 1. The van der Waals surface area contributed by atoms with Crippen molar-refractivity contribution in [2.45, 2.75) is 70.4 Å². The second-order valence-corrected chi connectivity index (χ2v) is 11.7. The van der Waals surface area contributed by atoms with Gasteiger partial charge in [0.05, 0.1) is 35.3 Å². The summed E-state index contributed by atoms with van der Waals surface area (Å²) in [6.07, 6.45) is 4.48. The number of aliphatic hydroxyl groups excluding tert-OH is 2. The molecule has 2 aromatic heterocycles. The third kappa shape index (κ3) is 5.51. The Hall–Kier alpha value is -2.73. The average Bonchev–Trinajstić information content (AvgIpc) is 3.29. The first kappa shape index (κ1) is 28.3. The summed E-state index contributed by atoms with van der Waals surface area (Å²) in [6, 6.07) is 4.66. The molecule has 11 heteroatoms. The van der Waals surface area contributed by atoms with E-state index >= 15 is 0 Å².